The molecule has 1 aliphatic heterocycles. The van der Waals surface area contributed by atoms with Gasteiger partial charge in [-0.15, -0.1) is 16.4 Å². The lowest BCUT2D eigenvalue weighted by Crippen LogP contribution is -2.58. The molecule has 1 fully saturated rings. The summed E-state index contributed by atoms with van der Waals surface area (Å²) in [7, 11) is -1.42. The number of carboxylic acids is 2. The van der Waals surface area contributed by atoms with Crippen molar-refractivity contribution in [2.75, 3.05) is 45.7 Å². The first-order valence-corrected chi connectivity index (χ1v) is 28.7. The smallest absolute Gasteiger partial charge is 0.506 e. The van der Waals surface area contributed by atoms with Crippen LogP contribution < -0.4 is 21.0 Å². The van der Waals surface area contributed by atoms with Gasteiger partial charge in [-0.1, -0.05) is 53.5 Å². The summed E-state index contributed by atoms with van der Waals surface area (Å²) >= 11 is 1.05. The number of carboxylic acid groups (broad SMARTS) is 2. The summed E-state index contributed by atoms with van der Waals surface area (Å²) in [5, 5.41) is 41.7. The zero-order valence-corrected chi connectivity index (χ0v) is 48.7. The molecule has 1 aromatic carbocycles. The number of carbonyl (C=O) groups is 10. The lowest BCUT2D eigenvalue weighted by molar-refractivity contribution is -0.499. The van der Waals surface area contributed by atoms with Crippen molar-refractivity contribution in [3.8, 4) is 5.75 Å². The van der Waals surface area contributed by atoms with Crippen LogP contribution >= 0.6 is 18.9 Å². The Morgan fingerprint density at radius 3 is 2.17 bits per heavy atom. The van der Waals surface area contributed by atoms with Crippen molar-refractivity contribution in [1.29, 1.82) is 11.1 Å². The maximum absolute atomic E-state index is 14.4. The molecule has 2 heterocycles. The molecule has 1 saturated heterocycles. The second-order valence-electron chi connectivity index (χ2n) is 20.0. The number of esters is 1. The van der Waals surface area contributed by atoms with E-state index >= 15 is 0 Å². The maximum Gasteiger partial charge on any atom is 0.719 e. The minimum atomic E-state index is -4.97. The molecular formula is C52H76N11O16PS+2. The monoisotopic (exact) mass is 1170 g/mol. The van der Waals surface area contributed by atoms with Crippen LogP contribution in [0.4, 0.5) is 5.69 Å². The molecule has 0 aliphatic carbocycles. The van der Waals surface area contributed by atoms with Crippen molar-refractivity contribution in [3.05, 3.63) is 64.1 Å². The highest BCUT2D eigenvalue weighted by atomic mass is 32.1. The number of anilines is 1. The number of aliphatic carboxylic acids is 2. The van der Waals surface area contributed by atoms with Crippen molar-refractivity contribution in [1.82, 2.24) is 30.5 Å². The Morgan fingerprint density at radius 2 is 1.59 bits per heavy atom. The number of hydrogen-bond acceptors (Lipinski definition) is 19. The predicted octanol–water partition coefficient (Wildman–Crippen LogP) is 4.76. The van der Waals surface area contributed by atoms with Crippen LogP contribution in [-0.2, 0) is 63.6 Å². The fourth-order valence-corrected chi connectivity index (χ4v) is 10.9. The van der Waals surface area contributed by atoms with E-state index in [1.165, 1.54) is 37.4 Å². The quantitative estimate of drug-likeness (QED) is 0.0119. The van der Waals surface area contributed by atoms with E-state index in [-0.39, 0.29) is 99.7 Å². The number of likely N-dealkylation sites (tertiary alicyclic amines) is 1. The van der Waals surface area contributed by atoms with Gasteiger partial charge in [-0.05, 0) is 92.9 Å². The molecule has 29 heteroatoms. The van der Waals surface area contributed by atoms with Gasteiger partial charge in [0, 0.05) is 50.5 Å². The summed E-state index contributed by atoms with van der Waals surface area (Å²) in [4.78, 5) is 135. The number of likely N-dealkylation sites (N-methyl/N-ethyl adjacent to an activating group) is 2. The minimum absolute atomic E-state index is 0.0109. The van der Waals surface area contributed by atoms with E-state index in [2.05, 4.69) is 26.0 Å². The largest absolute Gasteiger partial charge is 0.719 e. The Labute approximate surface area is 473 Å². The number of aromatic hydroxyl groups is 1. The third-order valence-electron chi connectivity index (χ3n) is 13.3. The first kappa shape index (κ1) is 68.0. The van der Waals surface area contributed by atoms with E-state index in [4.69, 9.17) is 25.6 Å². The van der Waals surface area contributed by atoms with Gasteiger partial charge in [-0.25, -0.2) is 19.4 Å². The van der Waals surface area contributed by atoms with Gasteiger partial charge in [0.15, 0.2) is 11.9 Å². The van der Waals surface area contributed by atoms with E-state index in [1.54, 1.807) is 11.9 Å². The second-order valence-corrected chi connectivity index (χ2v) is 23.1. The number of piperidine rings is 1. The Morgan fingerprint density at radius 1 is 0.938 bits per heavy atom. The first-order chi connectivity index (χ1) is 38.0. The van der Waals surface area contributed by atoms with Crippen LogP contribution in [0.15, 0.2) is 47.9 Å². The number of ketones is 1. The van der Waals surface area contributed by atoms with Crippen molar-refractivity contribution in [2.45, 2.75) is 130 Å². The molecule has 6 amide bonds. The second kappa shape index (κ2) is 32.3. The number of phenols is 1. The summed E-state index contributed by atoms with van der Waals surface area (Å²) in [6.45, 7) is 11.1. The van der Waals surface area contributed by atoms with E-state index in [0.29, 0.717) is 36.6 Å². The molecule has 9 N–H and O–H groups in total. The molecule has 3 rings (SSSR count). The standard InChI is InChI=1S/C52H74N11O16PS/c1-10-31(4)47(59-49(73)39-13-11-12-22-60(39)8)51(74)61(9)40(30(2)3)28-42(79-34(7)65)50-58-38(29-81-50)48(72)56-36(25-32(5)52(75)76)26-35-15-16-41(66)37(27-35)57-43(67)20-23-78-24-21-55-80(77,62(53)44(68)17-14-33(6)64)63(54)45(69)18-19-46(70)71/h14-19,27,29-32,36,39-40,42,47,54H,10-13,20-26,28,53H2,1-9H3,(H4-,55,56,59,70,71,72,73,75,76,77)/p+2/b17-14-,19-18-,63-54?/t31-,32?,36+,39+,40+,42+,47-,80?/m0/s1. The van der Waals surface area contributed by atoms with Crippen molar-refractivity contribution >= 4 is 83.8 Å². The number of nitrogens with zero attached hydrogens (tertiary/aromatic N) is 5. The molecule has 2 aromatic rings. The molecule has 0 bridgehead atoms. The van der Waals surface area contributed by atoms with Gasteiger partial charge >= 0.3 is 37.3 Å². The zero-order chi connectivity index (χ0) is 60.9. The van der Waals surface area contributed by atoms with Crippen LogP contribution in [0, 0.1) is 28.8 Å². The van der Waals surface area contributed by atoms with Gasteiger partial charge < -0.3 is 45.6 Å². The van der Waals surface area contributed by atoms with Gasteiger partial charge in [0.2, 0.25) is 17.7 Å². The molecule has 0 saturated carbocycles. The molecule has 0 spiro atoms. The van der Waals surface area contributed by atoms with E-state index in [0.717, 1.165) is 43.7 Å². The number of rotatable bonds is 32. The number of phenolic OH excluding ortho intramolecular Hbond substituents is 1. The van der Waals surface area contributed by atoms with Gasteiger partial charge in [0.25, 0.3) is 5.91 Å². The average Bonchev–Trinajstić information content (AvgIpc) is 3.91. The zero-order valence-electron chi connectivity index (χ0n) is 47.0. The number of allylic oxidation sites excluding steroid dienone is 1. The molecule has 2 unspecified atom stereocenters. The number of hydrogen-bond donors (Lipinski definition) is 9. The fraction of sp³-hybridized carbons (Fsp3) is 0.558. The number of carbonyl (C=O) groups excluding carboxylic acids is 8. The van der Waals surface area contributed by atoms with Gasteiger partial charge in [-0.3, -0.25) is 38.5 Å². The van der Waals surface area contributed by atoms with Gasteiger partial charge in [0.05, 0.1) is 58.4 Å². The maximum atomic E-state index is 14.4. The van der Waals surface area contributed by atoms with Crippen molar-refractivity contribution < 1.29 is 86.2 Å². The highest BCUT2D eigenvalue weighted by Crippen LogP contribution is 2.43. The molecule has 27 nitrogen and oxygen atoms in total. The van der Waals surface area contributed by atoms with Crippen LogP contribution in [0.5, 0.6) is 5.75 Å². The Balaban J connectivity index is 1.74. The van der Waals surface area contributed by atoms with Crippen LogP contribution in [0.25, 0.3) is 0 Å². The summed E-state index contributed by atoms with van der Waals surface area (Å²) < 4.78 is 24.3. The molecule has 81 heavy (non-hydrogen) atoms. The molecule has 1 aromatic heterocycles. The Hall–Kier alpha value is -7.26. The Bertz CT molecular complexity index is 2730. The molecule has 8 atom stereocenters. The van der Waals surface area contributed by atoms with Crippen LogP contribution in [-0.4, -0.2) is 163 Å². The summed E-state index contributed by atoms with van der Waals surface area (Å²) in [5.74, 6) is -10.3. The predicted molar refractivity (Wildman–Crippen MR) is 291 cm³/mol. The molecular weight excluding hydrogens is 1100 g/mol. The van der Waals surface area contributed by atoms with Gasteiger partial charge in [-0.2, -0.15) is 4.57 Å². The number of benzene rings is 1. The number of aromatic nitrogens is 1. The summed E-state index contributed by atoms with van der Waals surface area (Å²) in [5.41, 5.74) is 16.4. The van der Waals surface area contributed by atoms with Crippen LogP contribution in [0.2, 0.25) is 0 Å². The highest BCUT2D eigenvalue weighted by Gasteiger charge is 2.58. The lowest BCUT2D eigenvalue weighted by atomic mass is 9.92. The van der Waals surface area contributed by atoms with Crippen LogP contribution in [0.3, 0.4) is 0 Å². The summed E-state index contributed by atoms with van der Waals surface area (Å²) in [6.07, 6.45) is 3.99. The summed E-state index contributed by atoms with van der Waals surface area (Å²) in [6, 6.07) is 1.68. The van der Waals surface area contributed by atoms with Crippen molar-refractivity contribution in [3.63, 3.8) is 0 Å². The fourth-order valence-electron chi connectivity index (χ4n) is 8.55. The number of nitrogens with one attached hydrogen (secondary N) is 6. The topological polar surface area (TPSA) is 388 Å². The van der Waals surface area contributed by atoms with Crippen LogP contribution in [0.1, 0.15) is 121 Å². The molecule has 444 valence electrons. The van der Waals surface area contributed by atoms with Gasteiger partial charge in [0.1, 0.15) is 22.5 Å². The SMILES string of the molecule is CC[C@H](C)[C@H](NC(=O)[C@H]1CCCCN1C)C(=O)N(C)[C@H](C[C@@H](OC(C)=O)c1nc(C(=O)N[C@@H](Cc2ccc(O)c(NC(=O)CCOCCNP(=O)([N+](=N)C(=O)/C=C\C(C)=O)[N+](=N)C(=O)/C=C\C(=O)O)c2)CC(C)C(=O)O)cs1)C(C)C. The van der Waals surface area contributed by atoms with E-state index in [1.807, 2.05) is 39.6 Å². The number of thiazole rings is 1. The molecule has 1 aliphatic rings. The number of ether oxygens (including phenoxy) is 2. The first-order valence-electron chi connectivity index (χ1n) is 26.2. The highest BCUT2D eigenvalue weighted by molar-refractivity contribution is 7.49. The van der Waals surface area contributed by atoms with E-state index < -0.39 is 91.6 Å². The molecule has 0 radical (unpaired) electrons. The number of amides is 6. The third-order valence-corrected chi connectivity index (χ3v) is 16.3. The minimum Gasteiger partial charge on any atom is -0.506 e. The third kappa shape index (κ3) is 21.0. The normalized spacial score (nSPS) is 16.7. The lowest BCUT2D eigenvalue weighted by Gasteiger charge is -2.38. The van der Waals surface area contributed by atoms with Crippen molar-refractivity contribution in [2.24, 2.45) is 17.8 Å². The Kier molecular flexibility index (Phi) is 27.1. The van der Waals surface area contributed by atoms with E-state index in [9.17, 15) is 62.7 Å². The average molecular weight is 1170 g/mol.